The molecule has 1 heterocycles. The fourth-order valence-electron chi connectivity index (χ4n) is 1.89. The van der Waals surface area contributed by atoms with E-state index in [0.717, 1.165) is 16.5 Å². The Morgan fingerprint density at radius 1 is 1.35 bits per heavy atom. The average molecular weight is 231 g/mol. The van der Waals surface area contributed by atoms with Crippen molar-refractivity contribution in [1.82, 2.24) is 9.47 Å². The van der Waals surface area contributed by atoms with Crippen molar-refractivity contribution < 1.29 is 4.79 Å². The zero-order valence-electron chi connectivity index (χ0n) is 10.2. The van der Waals surface area contributed by atoms with E-state index in [1.165, 1.54) is 0 Å². The zero-order valence-corrected chi connectivity index (χ0v) is 10.2. The number of fused-ring (bicyclic) bond motifs is 1. The molecule has 0 radical (unpaired) electrons. The summed E-state index contributed by atoms with van der Waals surface area (Å²) in [4.78, 5) is 13.3. The predicted octanol–water partition coefficient (Wildman–Crippen LogP) is 1.19. The van der Waals surface area contributed by atoms with Gasteiger partial charge in [-0.05, 0) is 17.7 Å². The number of aromatic nitrogens is 1. The number of nitrogens with zero attached hydrogens (tertiary/aromatic N) is 2. The van der Waals surface area contributed by atoms with Crippen LogP contribution in [0.15, 0.2) is 30.5 Å². The second kappa shape index (κ2) is 4.59. The molecule has 1 aromatic heterocycles. The summed E-state index contributed by atoms with van der Waals surface area (Å²) in [5, 5.41) is 1.13. The fourth-order valence-corrected chi connectivity index (χ4v) is 1.89. The standard InChI is InChI=1S/C13H17N3O/c1-15(2)13(17)9-16-7-6-11-10(8-14)4-3-5-12(11)16/h3-7H,8-9,14H2,1-2H3. The molecule has 0 unspecified atom stereocenters. The summed E-state index contributed by atoms with van der Waals surface area (Å²) in [5.74, 6) is 0.0839. The number of hydrogen-bond donors (Lipinski definition) is 1. The van der Waals surface area contributed by atoms with Crippen molar-refractivity contribution in [2.75, 3.05) is 14.1 Å². The van der Waals surface area contributed by atoms with Crippen LogP contribution in [0.1, 0.15) is 5.56 Å². The molecule has 1 aromatic carbocycles. The smallest absolute Gasteiger partial charge is 0.241 e. The molecule has 4 heteroatoms. The summed E-state index contributed by atoms with van der Waals surface area (Å²) in [6.07, 6.45) is 1.94. The van der Waals surface area contributed by atoms with Crippen LogP contribution in [0.25, 0.3) is 10.9 Å². The van der Waals surface area contributed by atoms with E-state index in [0.29, 0.717) is 13.1 Å². The Morgan fingerprint density at radius 2 is 2.12 bits per heavy atom. The minimum absolute atomic E-state index is 0.0839. The van der Waals surface area contributed by atoms with E-state index in [1.54, 1.807) is 19.0 Å². The molecular formula is C13H17N3O. The van der Waals surface area contributed by atoms with Gasteiger partial charge < -0.3 is 15.2 Å². The SMILES string of the molecule is CN(C)C(=O)Cn1ccc2c(CN)cccc21. The number of rotatable bonds is 3. The second-order valence-electron chi connectivity index (χ2n) is 4.29. The topological polar surface area (TPSA) is 51.3 Å². The summed E-state index contributed by atoms with van der Waals surface area (Å²) in [5.41, 5.74) is 7.86. The van der Waals surface area contributed by atoms with Gasteiger partial charge in [0.2, 0.25) is 5.91 Å². The Labute approximate surface area is 101 Å². The molecule has 0 bridgehead atoms. The highest BCUT2D eigenvalue weighted by Crippen LogP contribution is 2.19. The van der Waals surface area contributed by atoms with Crippen molar-refractivity contribution in [1.29, 1.82) is 0 Å². The van der Waals surface area contributed by atoms with Crippen molar-refractivity contribution in [2.24, 2.45) is 5.73 Å². The first kappa shape index (κ1) is 11.7. The van der Waals surface area contributed by atoms with E-state index >= 15 is 0 Å². The van der Waals surface area contributed by atoms with Crippen molar-refractivity contribution in [2.45, 2.75) is 13.1 Å². The van der Waals surface area contributed by atoms with E-state index in [2.05, 4.69) is 0 Å². The van der Waals surface area contributed by atoms with Gasteiger partial charge in [0, 0.05) is 37.7 Å². The predicted molar refractivity (Wildman–Crippen MR) is 68.5 cm³/mol. The first-order valence-electron chi connectivity index (χ1n) is 5.60. The summed E-state index contributed by atoms with van der Waals surface area (Å²) >= 11 is 0. The number of amides is 1. The minimum atomic E-state index is 0.0839. The Hall–Kier alpha value is -1.81. The Bertz CT molecular complexity index is 543. The summed E-state index contributed by atoms with van der Waals surface area (Å²) in [7, 11) is 3.53. The maximum atomic E-state index is 11.7. The van der Waals surface area contributed by atoms with Gasteiger partial charge in [0.15, 0.2) is 0 Å². The van der Waals surface area contributed by atoms with E-state index < -0.39 is 0 Å². The Morgan fingerprint density at radius 3 is 2.76 bits per heavy atom. The number of carbonyl (C=O) groups is 1. The molecule has 0 aliphatic heterocycles. The third kappa shape index (κ3) is 2.17. The molecule has 0 saturated heterocycles. The van der Waals surface area contributed by atoms with Gasteiger partial charge in [-0.25, -0.2) is 0 Å². The summed E-state index contributed by atoms with van der Waals surface area (Å²) in [6.45, 7) is 0.882. The van der Waals surface area contributed by atoms with Gasteiger partial charge in [0.05, 0.1) is 0 Å². The van der Waals surface area contributed by atoms with Gasteiger partial charge in [0.1, 0.15) is 6.54 Å². The molecule has 0 atom stereocenters. The third-order valence-corrected chi connectivity index (χ3v) is 2.93. The largest absolute Gasteiger partial charge is 0.347 e. The van der Waals surface area contributed by atoms with Gasteiger partial charge in [-0.3, -0.25) is 4.79 Å². The van der Waals surface area contributed by atoms with E-state index in [9.17, 15) is 4.79 Å². The van der Waals surface area contributed by atoms with Gasteiger partial charge in [-0.2, -0.15) is 0 Å². The minimum Gasteiger partial charge on any atom is -0.347 e. The number of hydrogen-bond acceptors (Lipinski definition) is 2. The molecule has 0 fully saturated rings. The van der Waals surface area contributed by atoms with Crippen LogP contribution in [0.5, 0.6) is 0 Å². The fraction of sp³-hybridized carbons (Fsp3) is 0.308. The average Bonchev–Trinajstić information content (AvgIpc) is 2.72. The van der Waals surface area contributed by atoms with Gasteiger partial charge >= 0.3 is 0 Å². The maximum Gasteiger partial charge on any atom is 0.241 e. The monoisotopic (exact) mass is 231 g/mol. The molecule has 2 N–H and O–H groups in total. The Balaban J connectivity index is 2.40. The lowest BCUT2D eigenvalue weighted by Gasteiger charge is -2.11. The van der Waals surface area contributed by atoms with Crippen molar-refractivity contribution >= 4 is 16.8 Å². The maximum absolute atomic E-state index is 11.7. The quantitative estimate of drug-likeness (QED) is 0.862. The van der Waals surface area contributed by atoms with Gasteiger partial charge in [-0.1, -0.05) is 12.1 Å². The van der Waals surface area contributed by atoms with Crippen LogP contribution < -0.4 is 5.73 Å². The molecule has 0 aliphatic rings. The summed E-state index contributed by atoms with van der Waals surface area (Å²) < 4.78 is 1.96. The highest BCUT2D eigenvalue weighted by atomic mass is 16.2. The molecule has 1 amide bonds. The van der Waals surface area contributed by atoms with Crippen molar-refractivity contribution in [3.63, 3.8) is 0 Å². The highest BCUT2D eigenvalue weighted by Gasteiger charge is 2.09. The number of carbonyl (C=O) groups excluding carboxylic acids is 1. The van der Waals surface area contributed by atoms with Crippen LogP contribution in [-0.4, -0.2) is 29.5 Å². The molecule has 4 nitrogen and oxygen atoms in total. The van der Waals surface area contributed by atoms with E-state index in [-0.39, 0.29) is 5.91 Å². The van der Waals surface area contributed by atoms with Crippen LogP contribution >= 0.6 is 0 Å². The molecule has 0 saturated carbocycles. The first-order chi connectivity index (χ1) is 8.13. The molecule has 17 heavy (non-hydrogen) atoms. The lowest BCUT2D eigenvalue weighted by Crippen LogP contribution is -2.25. The highest BCUT2D eigenvalue weighted by molar-refractivity contribution is 5.85. The van der Waals surface area contributed by atoms with Crippen LogP contribution in [0.2, 0.25) is 0 Å². The van der Waals surface area contributed by atoms with Gasteiger partial charge in [-0.15, -0.1) is 0 Å². The van der Waals surface area contributed by atoms with Crippen molar-refractivity contribution in [3.8, 4) is 0 Å². The number of likely N-dealkylation sites (N-methyl/N-ethyl adjacent to an activating group) is 1. The number of benzene rings is 1. The third-order valence-electron chi connectivity index (χ3n) is 2.93. The van der Waals surface area contributed by atoms with Crippen LogP contribution in [0, 0.1) is 0 Å². The normalized spacial score (nSPS) is 10.8. The Kier molecular flexibility index (Phi) is 3.15. The molecule has 90 valence electrons. The van der Waals surface area contributed by atoms with Gasteiger partial charge in [0.25, 0.3) is 0 Å². The second-order valence-corrected chi connectivity index (χ2v) is 4.29. The van der Waals surface area contributed by atoms with Crippen molar-refractivity contribution in [3.05, 3.63) is 36.0 Å². The molecule has 0 spiro atoms. The van der Waals surface area contributed by atoms with Crippen LogP contribution in [-0.2, 0) is 17.9 Å². The molecular weight excluding hydrogens is 214 g/mol. The molecule has 0 aliphatic carbocycles. The molecule has 2 rings (SSSR count). The summed E-state index contributed by atoms with van der Waals surface area (Å²) in [6, 6.07) is 8.01. The van der Waals surface area contributed by atoms with E-state index in [4.69, 9.17) is 5.73 Å². The van der Waals surface area contributed by atoms with E-state index in [1.807, 2.05) is 35.0 Å². The zero-order chi connectivity index (χ0) is 12.4. The lowest BCUT2D eigenvalue weighted by atomic mass is 10.1. The first-order valence-corrected chi connectivity index (χ1v) is 5.60. The van der Waals surface area contributed by atoms with Crippen LogP contribution in [0.3, 0.4) is 0 Å². The number of nitrogens with two attached hydrogens (primary N) is 1. The van der Waals surface area contributed by atoms with Crippen LogP contribution in [0.4, 0.5) is 0 Å². The molecule has 2 aromatic rings. The lowest BCUT2D eigenvalue weighted by molar-refractivity contribution is -0.129.